The maximum absolute atomic E-state index is 12.0. The second-order valence-electron chi connectivity index (χ2n) is 5.44. The maximum atomic E-state index is 12.0. The molecule has 124 valence electrons. The van der Waals surface area contributed by atoms with Crippen LogP contribution in [-0.4, -0.2) is 29.5 Å². The summed E-state index contributed by atoms with van der Waals surface area (Å²) >= 11 is 0. The van der Waals surface area contributed by atoms with Gasteiger partial charge in [0, 0.05) is 37.8 Å². The summed E-state index contributed by atoms with van der Waals surface area (Å²) in [6.07, 6.45) is 8.35. The van der Waals surface area contributed by atoms with Gasteiger partial charge in [0.15, 0.2) is 0 Å². The van der Waals surface area contributed by atoms with Crippen molar-refractivity contribution in [3.63, 3.8) is 0 Å². The molecule has 1 aromatic carbocycles. The molecular weight excluding hydrogens is 320 g/mol. The van der Waals surface area contributed by atoms with Crippen molar-refractivity contribution in [3.8, 4) is 11.4 Å². The van der Waals surface area contributed by atoms with E-state index in [-0.39, 0.29) is 12.0 Å². The molecule has 8 heteroatoms. The highest BCUT2D eigenvalue weighted by molar-refractivity contribution is 5.75. The number of hydrogen-bond acceptors (Lipinski definition) is 6. The maximum Gasteiger partial charge on any atom is 0.206 e. The molecular formula is C17H14N6O2. The number of aryl methyl sites for hydroxylation is 1. The van der Waals surface area contributed by atoms with E-state index < -0.39 is 0 Å². The molecule has 0 aliphatic carbocycles. The lowest BCUT2D eigenvalue weighted by atomic mass is 10.3. The minimum atomic E-state index is -0.180. The predicted octanol–water partition coefficient (Wildman–Crippen LogP) is 1.49. The zero-order chi connectivity index (χ0) is 17.2. The molecule has 0 amide bonds. The van der Waals surface area contributed by atoms with Gasteiger partial charge >= 0.3 is 0 Å². The smallest absolute Gasteiger partial charge is 0.206 e. The molecule has 0 unspecified atom stereocenters. The van der Waals surface area contributed by atoms with Crippen molar-refractivity contribution in [2.75, 3.05) is 0 Å². The standard InChI is InChI=1S/C17H14N6O2/c1-22-10-12(9-20-22)23-7-4-17(24)16(21-23)11-25-13-2-3-14-15(8-13)19-6-5-18-14/h2-10H,11H2,1H3. The average Bonchev–Trinajstić information content (AvgIpc) is 3.07. The molecule has 25 heavy (non-hydrogen) atoms. The first-order chi connectivity index (χ1) is 12.2. The highest BCUT2D eigenvalue weighted by Crippen LogP contribution is 2.17. The van der Waals surface area contributed by atoms with Gasteiger partial charge in [0.2, 0.25) is 5.43 Å². The molecule has 0 fully saturated rings. The van der Waals surface area contributed by atoms with Gasteiger partial charge in [0.1, 0.15) is 23.7 Å². The van der Waals surface area contributed by atoms with Crippen LogP contribution in [0.2, 0.25) is 0 Å². The quantitative estimate of drug-likeness (QED) is 0.562. The SMILES string of the molecule is Cn1cc(-n2ccc(=O)c(COc3ccc4nccnc4c3)n2)cn1. The van der Waals surface area contributed by atoms with Crippen molar-refractivity contribution in [1.29, 1.82) is 0 Å². The summed E-state index contributed by atoms with van der Waals surface area (Å²) in [6, 6.07) is 6.86. The number of rotatable bonds is 4. The number of nitrogens with zero attached hydrogens (tertiary/aromatic N) is 6. The van der Waals surface area contributed by atoms with Crippen molar-refractivity contribution < 1.29 is 4.74 Å². The van der Waals surface area contributed by atoms with Crippen LogP contribution in [0.3, 0.4) is 0 Å². The summed E-state index contributed by atoms with van der Waals surface area (Å²) in [5.74, 6) is 0.603. The fourth-order valence-corrected chi connectivity index (χ4v) is 2.40. The van der Waals surface area contributed by atoms with Gasteiger partial charge in [-0.25, -0.2) is 4.68 Å². The van der Waals surface area contributed by atoms with Gasteiger partial charge < -0.3 is 4.74 Å². The Morgan fingerprint density at radius 2 is 1.96 bits per heavy atom. The van der Waals surface area contributed by atoms with E-state index in [0.717, 1.165) is 16.7 Å². The van der Waals surface area contributed by atoms with Crippen molar-refractivity contribution in [2.24, 2.45) is 7.05 Å². The molecule has 0 N–H and O–H groups in total. The van der Waals surface area contributed by atoms with Gasteiger partial charge in [-0.15, -0.1) is 0 Å². The fourth-order valence-electron chi connectivity index (χ4n) is 2.40. The molecule has 4 rings (SSSR count). The van der Waals surface area contributed by atoms with Gasteiger partial charge in [-0.2, -0.15) is 10.2 Å². The molecule has 0 saturated heterocycles. The summed E-state index contributed by atoms with van der Waals surface area (Å²) in [7, 11) is 1.82. The van der Waals surface area contributed by atoms with Crippen LogP contribution in [0.25, 0.3) is 16.7 Å². The minimum absolute atomic E-state index is 0.0612. The fraction of sp³-hybridized carbons (Fsp3) is 0.118. The highest BCUT2D eigenvalue weighted by Gasteiger charge is 2.07. The molecule has 3 aromatic heterocycles. The van der Waals surface area contributed by atoms with Crippen LogP contribution in [0.1, 0.15) is 5.69 Å². The van der Waals surface area contributed by atoms with E-state index in [1.165, 1.54) is 6.07 Å². The molecule has 0 radical (unpaired) electrons. The second-order valence-corrected chi connectivity index (χ2v) is 5.44. The van der Waals surface area contributed by atoms with E-state index in [1.807, 2.05) is 19.3 Å². The Bertz CT molecular complexity index is 1100. The molecule has 0 spiro atoms. The Labute approximate surface area is 142 Å². The van der Waals surface area contributed by atoms with Crippen molar-refractivity contribution >= 4 is 11.0 Å². The number of benzene rings is 1. The number of hydrogen-bond donors (Lipinski definition) is 0. The van der Waals surface area contributed by atoms with Gasteiger partial charge in [-0.3, -0.25) is 19.4 Å². The molecule has 8 nitrogen and oxygen atoms in total. The zero-order valence-electron chi connectivity index (χ0n) is 13.4. The Kier molecular flexibility index (Phi) is 3.70. The van der Waals surface area contributed by atoms with E-state index in [2.05, 4.69) is 20.2 Å². The topological polar surface area (TPSA) is 87.7 Å². The van der Waals surface area contributed by atoms with Crippen molar-refractivity contribution in [2.45, 2.75) is 6.61 Å². The van der Waals surface area contributed by atoms with Crippen LogP contribution in [0.15, 0.2) is 60.0 Å². The van der Waals surface area contributed by atoms with E-state index in [4.69, 9.17) is 4.74 Å². The molecule has 0 aliphatic heterocycles. The van der Waals surface area contributed by atoms with Crippen molar-refractivity contribution in [1.82, 2.24) is 29.5 Å². The Morgan fingerprint density at radius 1 is 1.12 bits per heavy atom. The predicted molar refractivity (Wildman–Crippen MR) is 90.5 cm³/mol. The largest absolute Gasteiger partial charge is 0.487 e. The van der Waals surface area contributed by atoms with Gasteiger partial charge in [0.05, 0.1) is 23.4 Å². The average molecular weight is 334 g/mol. The third-order valence-electron chi connectivity index (χ3n) is 3.65. The van der Waals surface area contributed by atoms with E-state index in [0.29, 0.717) is 11.4 Å². The van der Waals surface area contributed by atoms with Crippen LogP contribution < -0.4 is 10.2 Å². The number of fused-ring (bicyclic) bond motifs is 1. The Morgan fingerprint density at radius 3 is 2.76 bits per heavy atom. The summed E-state index contributed by atoms with van der Waals surface area (Å²) in [4.78, 5) is 20.5. The van der Waals surface area contributed by atoms with Gasteiger partial charge in [-0.05, 0) is 12.1 Å². The first kappa shape index (κ1) is 15.0. The lowest BCUT2D eigenvalue weighted by Gasteiger charge is -2.08. The molecule has 4 aromatic rings. The lowest BCUT2D eigenvalue weighted by molar-refractivity contribution is 0.297. The summed E-state index contributed by atoms with van der Waals surface area (Å²) in [6.45, 7) is 0.0612. The van der Waals surface area contributed by atoms with Crippen LogP contribution in [0.5, 0.6) is 5.75 Å². The summed E-state index contributed by atoms with van der Waals surface area (Å²) in [5, 5.41) is 8.43. The first-order valence-electron chi connectivity index (χ1n) is 7.60. The van der Waals surface area contributed by atoms with Gasteiger partial charge in [0.25, 0.3) is 0 Å². The molecule has 0 bridgehead atoms. The monoisotopic (exact) mass is 334 g/mol. The van der Waals surface area contributed by atoms with E-state index >= 15 is 0 Å². The van der Waals surface area contributed by atoms with Gasteiger partial charge in [-0.1, -0.05) is 0 Å². The lowest BCUT2D eigenvalue weighted by Crippen LogP contribution is -2.17. The molecule has 3 heterocycles. The minimum Gasteiger partial charge on any atom is -0.487 e. The highest BCUT2D eigenvalue weighted by atomic mass is 16.5. The van der Waals surface area contributed by atoms with E-state index in [1.54, 1.807) is 46.3 Å². The number of ether oxygens (including phenoxy) is 1. The second kappa shape index (κ2) is 6.16. The first-order valence-corrected chi connectivity index (χ1v) is 7.60. The Balaban J connectivity index is 1.58. The summed E-state index contributed by atoms with van der Waals surface area (Å²) in [5.41, 5.74) is 2.41. The van der Waals surface area contributed by atoms with Crippen LogP contribution in [0.4, 0.5) is 0 Å². The Hall–Kier alpha value is -3.55. The van der Waals surface area contributed by atoms with Crippen LogP contribution >= 0.6 is 0 Å². The summed E-state index contributed by atoms with van der Waals surface area (Å²) < 4.78 is 8.98. The number of aromatic nitrogens is 6. The molecule has 0 atom stereocenters. The molecule has 0 aliphatic rings. The normalized spacial score (nSPS) is 10.9. The van der Waals surface area contributed by atoms with Crippen LogP contribution in [0, 0.1) is 0 Å². The third-order valence-corrected chi connectivity index (χ3v) is 3.65. The third kappa shape index (κ3) is 3.09. The molecule has 0 saturated carbocycles. The van der Waals surface area contributed by atoms with Crippen molar-refractivity contribution in [3.05, 3.63) is 71.2 Å². The zero-order valence-corrected chi connectivity index (χ0v) is 13.4. The van der Waals surface area contributed by atoms with E-state index in [9.17, 15) is 4.79 Å². The van der Waals surface area contributed by atoms with Crippen LogP contribution in [-0.2, 0) is 13.7 Å².